The summed E-state index contributed by atoms with van der Waals surface area (Å²) in [5, 5.41) is 3.46. The van der Waals surface area contributed by atoms with Gasteiger partial charge in [-0.3, -0.25) is 4.98 Å². The number of fused-ring (bicyclic) bond motifs is 1. The van der Waals surface area contributed by atoms with Gasteiger partial charge in [0.2, 0.25) is 0 Å². The first-order chi connectivity index (χ1) is 12.8. The topological polar surface area (TPSA) is 55.1 Å². The summed E-state index contributed by atoms with van der Waals surface area (Å²) in [7, 11) is 0.925. The van der Waals surface area contributed by atoms with Gasteiger partial charge in [0.25, 0.3) is 0 Å². The first kappa shape index (κ1) is 16.3. The highest BCUT2D eigenvalue weighted by molar-refractivity contribution is 6.51. The monoisotopic (exact) mass is 341 g/mol. The van der Waals surface area contributed by atoms with Gasteiger partial charge in [0.15, 0.2) is 18.7 Å². The summed E-state index contributed by atoms with van der Waals surface area (Å²) in [5.74, 6) is 0.815. The molecule has 0 atom stereocenters. The van der Waals surface area contributed by atoms with E-state index in [2.05, 4.69) is 50.9 Å². The maximum Gasteiger partial charge on any atom is 0.179 e. The van der Waals surface area contributed by atoms with Crippen molar-refractivity contribution in [2.45, 2.75) is 13.2 Å². The third-order valence-corrected chi connectivity index (χ3v) is 4.43. The molecule has 3 heterocycles. The van der Waals surface area contributed by atoms with Gasteiger partial charge in [0.1, 0.15) is 0 Å². The Kier molecular flexibility index (Phi) is 4.64. The molecule has 0 bridgehead atoms. The van der Waals surface area contributed by atoms with Crippen molar-refractivity contribution < 1.29 is 0 Å². The fourth-order valence-electron chi connectivity index (χ4n) is 3.04. The summed E-state index contributed by atoms with van der Waals surface area (Å²) in [6.45, 7) is 2.92. The number of benzene rings is 1. The van der Waals surface area contributed by atoms with Crippen LogP contribution in [0, 0.1) is 0 Å². The number of aromatic nitrogens is 4. The zero-order chi connectivity index (χ0) is 17.8. The van der Waals surface area contributed by atoms with E-state index in [1.54, 1.807) is 6.20 Å². The Morgan fingerprint density at radius 1 is 1.08 bits per heavy atom. The van der Waals surface area contributed by atoms with Crippen LogP contribution in [-0.4, -0.2) is 33.2 Å². The molecule has 1 aromatic carbocycles. The molecule has 5 nitrogen and oxygen atoms in total. The average molecular weight is 341 g/mol. The minimum atomic E-state index is 0.779. The maximum atomic E-state index is 4.84. The van der Waals surface area contributed by atoms with Crippen molar-refractivity contribution in [3.05, 3.63) is 72.8 Å². The molecule has 26 heavy (non-hydrogen) atoms. The second-order valence-corrected chi connectivity index (χ2v) is 6.18. The van der Waals surface area contributed by atoms with Gasteiger partial charge < -0.3 is 9.72 Å². The third-order valence-electron chi connectivity index (χ3n) is 4.43. The molecule has 0 spiro atoms. The largest absolute Gasteiger partial charge is 0.367 e. The zero-order valence-electron chi connectivity index (χ0n) is 14.8. The molecule has 6 heteroatoms. The molecule has 0 unspecified atom stereocenters. The smallest absolute Gasteiger partial charge is 0.179 e. The van der Waals surface area contributed by atoms with Crippen molar-refractivity contribution in [2.75, 3.05) is 11.9 Å². The van der Waals surface area contributed by atoms with E-state index in [0.29, 0.717) is 0 Å². The summed E-state index contributed by atoms with van der Waals surface area (Å²) in [5.41, 5.74) is 5.28. The lowest BCUT2D eigenvalue weighted by Crippen LogP contribution is -2.18. The maximum absolute atomic E-state index is 4.84. The molecule has 0 aliphatic heterocycles. The molecule has 4 rings (SSSR count). The fraction of sp³-hybridized carbons (Fsp3) is 0.150. The van der Waals surface area contributed by atoms with Crippen LogP contribution >= 0.6 is 0 Å². The Morgan fingerprint density at radius 2 is 1.96 bits per heavy atom. The van der Waals surface area contributed by atoms with E-state index in [1.165, 1.54) is 11.2 Å². The Morgan fingerprint density at radius 3 is 2.73 bits per heavy atom. The Hall–Kier alpha value is -3.15. The number of hydrogen-bond acceptors (Lipinski definition) is 4. The summed E-state index contributed by atoms with van der Waals surface area (Å²) >= 11 is 0. The van der Waals surface area contributed by atoms with Gasteiger partial charge in [-0.15, -0.1) is 0 Å². The van der Waals surface area contributed by atoms with Crippen LogP contribution in [0.4, 0.5) is 5.82 Å². The number of rotatable bonds is 6. The molecule has 0 radical (unpaired) electrons. The normalized spacial score (nSPS) is 10.8. The number of nitrogens with zero attached hydrogens (tertiary/aromatic N) is 4. The van der Waals surface area contributed by atoms with Gasteiger partial charge in [-0.2, -0.15) is 0 Å². The van der Waals surface area contributed by atoms with Gasteiger partial charge >= 0.3 is 0 Å². The molecule has 0 amide bonds. The van der Waals surface area contributed by atoms with Crippen LogP contribution in [0.2, 0.25) is 6.82 Å². The Bertz CT molecular complexity index is 999. The van der Waals surface area contributed by atoms with Gasteiger partial charge in [-0.1, -0.05) is 43.2 Å². The molecule has 0 fully saturated rings. The number of pyridine rings is 1. The van der Waals surface area contributed by atoms with Crippen molar-refractivity contribution in [1.29, 1.82) is 0 Å². The zero-order valence-corrected chi connectivity index (χ0v) is 14.8. The Balaban J connectivity index is 1.67. The van der Waals surface area contributed by atoms with Crippen molar-refractivity contribution in [2.24, 2.45) is 0 Å². The Labute approximate surface area is 153 Å². The molecule has 0 aliphatic carbocycles. The number of anilines is 1. The van der Waals surface area contributed by atoms with Gasteiger partial charge in [-0.25, -0.2) is 9.97 Å². The SMILES string of the molecule is CBc1cnc2c(NCCc3cccnc3)nc(-c3ccccc3)cn12. The van der Waals surface area contributed by atoms with Crippen LogP contribution in [-0.2, 0) is 6.42 Å². The summed E-state index contributed by atoms with van der Waals surface area (Å²) in [6.07, 6.45) is 8.58. The minimum Gasteiger partial charge on any atom is -0.367 e. The van der Waals surface area contributed by atoms with E-state index >= 15 is 0 Å². The number of imidazole rings is 1. The quantitative estimate of drug-likeness (QED) is 0.548. The minimum absolute atomic E-state index is 0.779. The molecule has 128 valence electrons. The van der Waals surface area contributed by atoms with E-state index in [1.807, 2.05) is 36.7 Å². The van der Waals surface area contributed by atoms with Crippen LogP contribution in [0.25, 0.3) is 16.9 Å². The predicted octanol–water partition coefficient (Wildman–Crippen LogP) is 2.56. The summed E-state index contributed by atoms with van der Waals surface area (Å²) in [6, 6.07) is 14.3. The third kappa shape index (κ3) is 3.31. The molecule has 0 aliphatic rings. The van der Waals surface area contributed by atoms with E-state index < -0.39 is 0 Å². The van der Waals surface area contributed by atoms with Crippen molar-refractivity contribution >= 4 is 24.3 Å². The first-order valence-corrected chi connectivity index (χ1v) is 8.90. The summed E-state index contributed by atoms with van der Waals surface area (Å²) < 4.78 is 2.14. The van der Waals surface area contributed by atoms with Crippen LogP contribution in [0.15, 0.2) is 67.3 Å². The van der Waals surface area contributed by atoms with Gasteiger partial charge in [0, 0.05) is 42.5 Å². The average Bonchev–Trinajstić information content (AvgIpc) is 3.13. The molecule has 0 saturated carbocycles. The van der Waals surface area contributed by atoms with Crippen LogP contribution in [0.1, 0.15) is 5.56 Å². The molecule has 4 aromatic rings. The van der Waals surface area contributed by atoms with E-state index in [-0.39, 0.29) is 0 Å². The van der Waals surface area contributed by atoms with Crippen LogP contribution < -0.4 is 10.9 Å². The molecular formula is C20H20BN5. The summed E-state index contributed by atoms with van der Waals surface area (Å²) in [4.78, 5) is 13.6. The van der Waals surface area contributed by atoms with E-state index in [4.69, 9.17) is 4.98 Å². The molecular weight excluding hydrogens is 321 g/mol. The van der Waals surface area contributed by atoms with Crippen LogP contribution in [0.3, 0.4) is 0 Å². The van der Waals surface area contributed by atoms with Crippen molar-refractivity contribution in [3.63, 3.8) is 0 Å². The van der Waals surface area contributed by atoms with Gasteiger partial charge in [0.05, 0.1) is 5.69 Å². The molecule has 1 N–H and O–H groups in total. The lowest BCUT2D eigenvalue weighted by atomic mass is 9.78. The highest BCUT2D eigenvalue weighted by Gasteiger charge is 2.12. The first-order valence-electron chi connectivity index (χ1n) is 8.90. The number of nitrogens with one attached hydrogen (secondary N) is 1. The second-order valence-electron chi connectivity index (χ2n) is 6.18. The number of hydrogen-bond donors (Lipinski definition) is 1. The molecule has 0 saturated heterocycles. The van der Waals surface area contributed by atoms with Crippen LogP contribution in [0.5, 0.6) is 0 Å². The highest BCUT2D eigenvalue weighted by atomic mass is 15.1. The standard InChI is InChI=1S/C20H20BN5/c1-21-18-13-24-20-19(23-11-9-15-6-5-10-22-12-15)25-17(14-26(18)20)16-7-3-2-4-8-16/h2-8,10,12-14,21H,9,11H2,1H3,(H,23,25). The lowest BCUT2D eigenvalue weighted by Gasteiger charge is -2.11. The highest BCUT2D eigenvalue weighted by Crippen LogP contribution is 2.21. The fourth-order valence-corrected chi connectivity index (χ4v) is 3.04. The van der Waals surface area contributed by atoms with Crippen molar-refractivity contribution in [3.8, 4) is 11.3 Å². The van der Waals surface area contributed by atoms with E-state index in [0.717, 1.165) is 43.0 Å². The molecule has 3 aromatic heterocycles. The van der Waals surface area contributed by atoms with Crippen molar-refractivity contribution in [1.82, 2.24) is 19.4 Å². The lowest BCUT2D eigenvalue weighted by molar-refractivity contribution is 0.989. The predicted molar refractivity (Wildman–Crippen MR) is 108 cm³/mol. The second kappa shape index (κ2) is 7.39. The van der Waals surface area contributed by atoms with E-state index in [9.17, 15) is 0 Å². The van der Waals surface area contributed by atoms with Gasteiger partial charge in [-0.05, 0) is 18.1 Å².